The molecule has 0 amide bonds. The summed E-state index contributed by atoms with van der Waals surface area (Å²) in [5.41, 5.74) is 7.85. The molecule has 2 heterocycles. The molecule has 0 saturated heterocycles. The Morgan fingerprint density at radius 1 is 1.08 bits per heavy atom. The Morgan fingerprint density at radius 3 is 2.60 bits per heavy atom. The molecule has 3 aromatic rings. The summed E-state index contributed by atoms with van der Waals surface area (Å²) in [5.74, 6) is 2.35. The molecule has 4 N–H and O–H groups in total. The predicted octanol–water partition coefficient (Wildman–Crippen LogP) is 2.86. The van der Waals surface area contributed by atoms with Gasteiger partial charge in [0, 0.05) is 18.8 Å². The van der Waals surface area contributed by atoms with E-state index in [0.717, 1.165) is 24.4 Å². The SMILES string of the molecule is COc1ccc(CCNc2cc(Nc3cccnc3)nc(N)n2)cc1. The van der Waals surface area contributed by atoms with E-state index < -0.39 is 0 Å². The van der Waals surface area contributed by atoms with E-state index in [0.29, 0.717) is 11.6 Å². The zero-order valence-electron chi connectivity index (χ0n) is 13.9. The zero-order valence-corrected chi connectivity index (χ0v) is 13.9. The fourth-order valence-electron chi connectivity index (χ4n) is 2.33. The summed E-state index contributed by atoms with van der Waals surface area (Å²) in [6.07, 6.45) is 4.29. The Bertz CT molecular complexity index is 808. The van der Waals surface area contributed by atoms with E-state index in [2.05, 4.69) is 25.6 Å². The summed E-state index contributed by atoms with van der Waals surface area (Å²) in [7, 11) is 1.66. The van der Waals surface area contributed by atoms with Crippen LogP contribution in [0.5, 0.6) is 5.75 Å². The molecule has 1 aromatic carbocycles. The van der Waals surface area contributed by atoms with Crippen LogP contribution in [0.1, 0.15) is 5.56 Å². The minimum absolute atomic E-state index is 0.209. The minimum atomic E-state index is 0.209. The highest BCUT2D eigenvalue weighted by molar-refractivity contribution is 5.59. The van der Waals surface area contributed by atoms with Gasteiger partial charge >= 0.3 is 0 Å². The standard InChI is InChI=1S/C18H20N6O/c1-25-15-6-4-13(5-7-15)8-10-21-16-11-17(24-18(19)23-16)22-14-3-2-9-20-12-14/h2-7,9,11-12H,8,10H2,1H3,(H4,19,21,22,23,24). The molecule has 0 saturated carbocycles. The minimum Gasteiger partial charge on any atom is -0.497 e. The number of methoxy groups -OCH3 is 1. The predicted molar refractivity (Wildman–Crippen MR) is 99.2 cm³/mol. The van der Waals surface area contributed by atoms with E-state index in [-0.39, 0.29) is 5.95 Å². The molecule has 2 aromatic heterocycles. The second kappa shape index (κ2) is 7.96. The summed E-state index contributed by atoms with van der Waals surface area (Å²) in [6.45, 7) is 0.731. The van der Waals surface area contributed by atoms with Crippen LogP contribution in [-0.4, -0.2) is 28.6 Å². The maximum atomic E-state index is 5.80. The fraction of sp³-hybridized carbons (Fsp3) is 0.167. The number of hydrogen-bond acceptors (Lipinski definition) is 7. The van der Waals surface area contributed by atoms with Crippen molar-refractivity contribution >= 4 is 23.3 Å². The lowest BCUT2D eigenvalue weighted by molar-refractivity contribution is 0.414. The number of anilines is 4. The van der Waals surface area contributed by atoms with Crippen molar-refractivity contribution in [3.8, 4) is 5.75 Å². The molecule has 128 valence electrons. The Labute approximate surface area is 146 Å². The first-order valence-electron chi connectivity index (χ1n) is 7.91. The first kappa shape index (κ1) is 16.5. The van der Waals surface area contributed by atoms with Crippen LogP contribution in [0.25, 0.3) is 0 Å². The van der Waals surface area contributed by atoms with Crippen molar-refractivity contribution in [1.29, 1.82) is 0 Å². The molecule has 7 heteroatoms. The number of rotatable bonds is 7. The van der Waals surface area contributed by atoms with E-state index in [9.17, 15) is 0 Å². The Kier molecular flexibility index (Phi) is 5.26. The van der Waals surface area contributed by atoms with Gasteiger partial charge in [0.25, 0.3) is 0 Å². The van der Waals surface area contributed by atoms with Gasteiger partial charge in [-0.05, 0) is 36.2 Å². The van der Waals surface area contributed by atoms with Crippen LogP contribution in [-0.2, 0) is 6.42 Å². The number of benzene rings is 1. The van der Waals surface area contributed by atoms with Gasteiger partial charge in [0.1, 0.15) is 17.4 Å². The van der Waals surface area contributed by atoms with Gasteiger partial charge < -0.3 is 21.1 Å². The highest BCUT2D eigenvalue weighted by Gasteiger charge is 2.03. The van der Waals surface area contributed by atoms with E-state index >= 15 is 0 Å². The molecular weight excluding hydrogens is 316 g/mol. The average molecular weight is 336 g/mol. The second-order valence-electron chi connectivity index (χ2n) is 5.39. The third-order valence-corrected chi connectivity index (χ3v) is 3.56. The van der Waals surface area contributed by atoms with Gasteiger partial charge in [0.2, 0.25) is 5.95 Å². The number of nitrogens with zero attached hydrogens (tertiary/aromatic N) is 3. The van der Waals surface area contributed by atoms with Gasteiger partial charge in [-0.15, -0.1) is 0 Å². The summed E-state index contributed by atoms with van der Waals surface area (Å²) in [6, 6.07) is 13.6. The molecule has 0 spiro atoms. The molecule has 0 aliphatic heterocycles. The lowest BCUT2D eigenvalue weighted by Crippen LogP contribution is -2.09. The number of nitrogens with one attached hydrogen (secondary N) is 2. The molecule has 7 nitrogen and oxygen atoms in total. The van der Waals surface area contributed by atoms with Gasteiger partial charge in [0.15, 0.2) is 0 Å². The number of nitrogen functional groups attached to an aromatic ring is 1. The Hall–Kier alpha value is -3.35. The van der Waals surface area contributed by atoms with E-state index in [1.54, 1.807) is 19.5 Å². The van der Waals surface area contributed by atoms with E-state index in [4.69, 9.17) is 10.5 Å². The van der Waals surface area contributed by atoms with Crippen LogP contribution in [0.2, 0.25) is 0 Å². The van der Waals surface area contributed by atoms with Gasteiger partial charge in [-0.1, -0.05) is 12.1 Å². The molecule has 0 bridgehead atoms. The molecule has 3 rings (SSSR count). The quantitative estimate of drug-likeness (QED) is 0.610. The largest absolute Gasteiger partial charge is 0.497 e. The van der Waals surface area contributed by atoms with Crippen molar-refractivity contribution in [1.82, 2.24) is 15.0 Å². The fourth-order valence-corrected chi connectivity index (χ4v) is 2.33. The first-order valence-corrected chi connectivity index (χ1v) is 7.91. The van der Waals surface area contributed by atoms with Crippen LogP contribution in [0, 0.1) is 0 Å². The monoisotopic (exact) mass is 336 g/mol. The lowest BCUT2D eigenvalue weighted by atomic mass is 10.1. The number of ether oxygens (including phenoxy) is 1. The van der Waals surface area contributed by atoms with Crippen molar-refractivity contribution in [2.45, 2.75) is 6.42 Å². The van der Waals surface area contributed by atoms with Gasteiger partial charge in [-0.3, -0.25) is 4.98 Å². The van der Waals surface area contributed by atoms with Gasteiger partial charge in [-0.2, -0.15) is 9.97 Å². The second-order valence-corrected chi connectivity index (χ2v) is 5.39. The highest BCUT2D eigenvalue weighted by Crippen LogP contribution is 2.17. The molecule has 0 radical (unpaired) electrons. The number of nitrogens with two attached hydrogens (primary N) is 1. The maximum Gasteiger partial charge on any atom is 0.223 e. The molecule has 0 fully saturated rings. The van der Waals surface area contributed by atoms with Crippen LogP contribution < -0.4 is 21.1 Å². The normalized spacial score (nSPS) is 10.3. The lowest BCUT2D eigenvalue weighted by Gasteiger charge is -2.10. The molecule has 25 heavy (non-hydrogen) atoms. The topological polar surface area (TPSA) is 98.0 Å². The average Bonchev–Trinajstić information content (AvgIpc) is 2.63. The number of hydrogen-bond donors (Lipinski definition) is 3. The molecule has 0 aliphatic carbocycles. The molecule has 0 aliphatic rings. The highest BCUT2D eigenvalue weighted by atomic mass is 16.5. The number of aromatic nitrogens is 3. The summed E-state index contributed by atoms with van der Waals surface area (Å²) in [5, 5.41) is 6.43. The Balaban J connectivity index is 1.60. The first-order chi connectivity index (χ1) is 12.2. The molecule has 0 atom stereocenters. The molecule has 0 unspecified atom stereocenters. The van der Waals surface area contributed by atoms with Crippen molar-refractivity contribution in [2.24, 2.45) is 0 Å². The Morgan fingerprint density at radius 2 is 1.88 bits per heavy atom. The van der Waals surface area contributed by atoms with Crippen LogP contribution in [0.4, 0.5) is 23.3 Å². The summed E-state index contributed by atoms with van der Waals surface area (Å²) in [4.78, 5) is 12.5. The summed E-state index contributed by atoms with van der Waals surface area (Å²) < 4.78 is 5.16. The van der Waals surface area contributed by atoms with Crippen molar-refractivity contribution in [3.63, 3.8) is 0 Å². The van der Waals surface area contributed by atoms with Gasteiger partial charge in [-0.25, -0.2) is 0 Å². The zero-order chi connectivity index (χ0) is 17.5. The smallest absolute Gasteiger partial charge is 0.223 e. The van der Waals surface area contributed by atoms with Crippen molar-refractivity contribution in [3.05, 3.63) is 60.4 Å². The van der Waals surface area contributed by atoms with E-state index in [1.807, 2.05) is 42.5 Å². The van der Waals surface area contributed by atoms with Crippen LogP contribution in [0.15, 0.2) is 54.9 Å². The van der Waals surface area contributed by atoms with E-state index in [1.165, 1.54) is 5.56 Å². The molecular formula is C18H20N6O. The van der Waals surface area contributed by atoms with Crippen molar-refractivity contribution in [2.75, 3.05) is 30.0 Å². The van der Waals surface area contributed by atoms with Crippen LogP contribution >= 0.6 is 0 Å². The van der Waals surface area contributed by atoms with Crippen LogP contribution in [0.3, 0.4) is 0 Å². The maximum absolute atomic E-state index is 5.80. The summed E-state index contributed by atoms with van der Waals surface area (Å²) >= 11 is 0. The third-order valence-electron chi connectivity index (χ3n) is 3.56. The number of pyridine rings is 1. The van der Waals surface area contributed by atoms with Crippen molar-refractivity contribution < 1.29 is 4.74 Å². The third kappa shape index (κ3) is 4.81. The van der Waals surface area contributed by atoms with Gasteiger partial charge in [0.05, 0.1) is 19.0 Å².